The Bertz CT molecular complexity index is 303. The van der Waals surface area contributed by atoms with Crippen LogP contribution in [-0.2, 0) is 9.53 Å². The highest BCUT2D eigenvalue weighted by Gasteiger charge is 2.36. The maximum Gasteiger partial charge on any atom is 0.320 e. The molecule has 0 amide bonds. The first-order valence-electron chi connectivity index (χ1n) is 8.01. The van der Waals surface area contributed by atoms with Crippen molar-refractivity contribution in [1.29, 1.82) is 0 Å². The minimum absolute atomic E-state index is 0.232. The summed E-state index contributed by atoms with van der Waals surface area (Å²) in [5.41, 5.74) is 0. The summed E-state index contributed by atoms with van der Waals surface area (Å²) in [6.07, 6.45) is 5.17. The molecule has 1 unspecified atom stereocenters. The standard InChI is InChI=1S/C15H28N2O3/c1-2-20-12-4-8-16-10-6-13(7-11-16)17-9-3-5-14(17)15(18)19/h13-14H,2-12H2,1H3,(H,18,19). The van der Waals surface area contributed by atoms with Gasteiger partial charge in [0.1, 0.15) is 6.04 Å². The quantitative estimate of drug-likeness (QED) is 0.717. The average molecular weight is 284 g/mol. The van der Waals surface area contributed by atoms with Gasteiger partial charge in [0.15, 0.2) is 0 Å². The second kappa shape index (κ2) is 7.96. The second-order valence-corrected chi connectivity index (χ2v) is 5.86. The van der Waals surface area contributed by atoms with Crippen LogP contribution in [0.2, 0.25) is 0 Å². The first-order valence-corrected chi connectivity index (χ1v) is 8.01. The molecule has 5 nitrogen and oxygen atoms in total. The molecule has 0 aromatic carbocycles. The van der Waals surface area contributed by atoms with Gasteiger partial charge < -0.3 is 14.7 Å². The predicted molar refractivity (Wildman–Crippen MR) is 77.9 cm³/mol. The Morgan fingerprint density at radius 2 is 2.00 bits per heavy atom. The summed E-state index contributed by atoms with van der Waals surface area (Å²) < 4.78 is 5.37. The van der Waals surface area contributed by atoms with Gasteiger partial charge >= 0.3 is 5.97 Å². The molecule has 20 heavy (non-hydrogen) atoms. The van der Waals surface area contributed by atoms with Gasteiger partial charge in [-0.1, -0.05) is 0 Å². The number of rotatable bonds is 7. The van der Waals surface area contributed by atoms with Crippen molar-refractivity contribution in [2.24, 2.45) is 0 Å². The highest BCUT2D eigenvalue weighted by Crippen LogP contribution is 2.26. The van der Waals surface area contributed by atoms with Crippen molar-refractivity contribution in [2.45, 2.75) is 51.1 Å². The van der Waals surface area contributed by atoms with Crippen LogP contribution in [0.4, 0.5) is 0 Å². The van der Waals surface area contributed by atoms with E-state index < -0.39 is 5.97 Å². The Hall–Kier alpha value is -0.650. The van der Waals surface area contributed by atoms with Crippen molar-refractivity contribution in [3.8, 4) is 0 Å². The van der Waals surface area contributed by atoms with Crippen LogP contribution in [0, 0.1) is 0 Å². The molecule has 0 aliphatic carbocycles. The maximum absolute atomic E-state index is 11.3. The fourth-order valence-corrected chi connectivity index (χ4v) is 3.50. The van der Waals surface area contributed by atoms with E-state index in [1.807, 2.05) is 6.92 Å². The molecule has 2 aliphatic rings. The lowest BCUT2D eigenvalue weighted by Crippen LogP contribution is -2.49. The van der Waals surface area contributed by atoms with E-state index in [4.69, 9.17) is 4.74 Å². The van der Waals surface area contributed by atoms with E-state index in [2.05, 4.69) is 9.80 Å². The van der Waals surface area contributed by atoms with Crippen LogP contribution in [-0.4, -0.2) is 72.4 Å². The van der Waals surface area contributed by atoms with Crippen molar-refractivity contribution in [1.82, 2.24) is 9.80 Å². The van der Waals surface area contributed by atoms with E-state index in [0.717, 1.165) is 71.5 Å². The fraction of sp³-hybridized carbons (Fsp3) is 0.933. The zero-order valence-electron chi connectivity index (χ0n) is 12.6. The molecule has 0 bridgehead atoms. The molecule has 0 aromatic heterocycles. The third kappa shape index (κ3) is 4.17. The molecule has 5 heteroatoms. The topological polar surface area (TPSA) is 53.0 Å². The molecular weight excluding hydrogens is 256 g/mol. The third-order valence-corrected chi connectivity index (χ3v) is 4.57. The molecule has 0 aromatic rings. The predicted octanol–water partition coefficient (Wildman–Crippen LogP) is 1.43. The van der Waals surface area contributed by atoms with Crippen LogP contribution < -0.4 is 0 Å². The Kier molecular flexibility index (Phi) is 6.26. The largest absolute Gasteiger partial charge is 0.480 e. The summed E-state index contributed by atoms with van der Waals surface area (Å²) in [6.45, 7) is 7.94. The van der Waals surface area contributed by atoms with Crippen LogP contribution >= 0.6 is 0 Å². The molecule has 2 rings (SSSR count). The summed E-state index contributed by atoms with van der Waals surface area (Å²) in [4.78, 5) is 16.0. The Morgan fingerprint density at radius 3 is 2.65 bits per heavy atom. The van der Waals surface area contributed by atoms with Gasteiger partial charge in [0, 0.05) is 25.8 Å². The van der Waals surface area contributed by atoms with E-state index in [-0.39, 0.29) is 6.04 Å². The SMILES string of the molecule is CCOCCCN1CCC(N2CCCC2C(=O)O)CC1. The number of aliphatic carboxylic acids is 1. The van der Waals surface area contributed by atoms with Crippen molar-refractivity contribution < 1.29 is 14.6 Å². The van der Waals surface area contributed by atoms with E-state index in [9.17, 15) is 9.90 Å². The van der Waals surface area contributed by atoms with Gasteiger partial charge in [-0.3, -0.25) is 9.69 Å². The molecule has 0 saturated carbocycles. The highest BCUT2D eigenvalue weighted by atomic mass is 16.5. The average Bonchev–Trinajstić information content (AvgIpc) is 2.94. The number of carboxylic acid groups (broad SMARTS) is 1. The summed E-state index contributed by atoms with van der Waals surface area (Å²) in [6, 6.07) is 0.242. The third-order valence-electron chi connectivity index (χ3n) is 4.57. The number of ether oxygens (including phenoxy) is 1. The Labute approximate surface area is 121 Å². The van der Waals surface area contributed by atoms with Crippen LogP contribution in [0.15, 0.2) is 0 Å². The van der Waals surface area contributed by atoms with Crippen LogP contribution in [0.5, 0.6) is 0 Å². The molecule has 116 valence electrons. The monoisotopic (exact) mass is 284 g/mol. The van der Waals surface area contributed by atoms with Gasteiger partial charge in [0.05, 0.1) is 0 Å². The van der Waals surface area contributed by atoms with Crippen LogP contribution in [0.25, 0.3) is 0 Å². The smallest absolute Gasteiger partial charge is 0.320 e. The summed E-state index contributed by atoms with van der Waals surface area (Å²) >= 11 is 0. The van der Waals surface area contributed by atoms with Crippen molar-refractivity contribution in [3.05, 3.63) is 0 Å². The number of likely N-dealkylation sites (tertiary alicyclic amines) is 2. The number of hydrogen-bond donors (Lipinski definition) is 1. The van der Waals surface area contributed by atoms with Gasteiger partial charge in [0.25, 0.3) is 0 Å². The molecule has 2 heterocycles. The first kappa shape index (κ1) is 15.7. The Morgan fingerprint density at radius 1 is 1.25 bits per heavy atom. The molecule has 0 spiro atoms. The van der Waals surface area contributed by atoms with Crippen molar-refractivity contribution in [3.63, 3.8) is 0 Å². The lowest BCUT2D eigenvalue weighted by atomic mass is 10.0. The molecule has 2 aliphatic heterocycles. The minimum Gasteiger partial charge on any atom is -0.480 e. The summed E-state index contributed by atoms with van der Waals surface area (Å²) in [5.74, 6) is -0.637. The molecule has 2 fully saturated rings. The van der Waals surface area contributed by atoms with Gasteiger partial charge in [0.2, 0.25) is 0 Å². The fourth-order valence-electron chi connectivity index (χ4n) is 3.50. The Balaban J connectivity index is 1.70. The second-order valence-electron chi connectivity index (χ2n) is 5.86. The van der Waals surface area contributed by atoms with Crippen LogP contribution in [0.1, 0.15) is 39.0 Å². The van der Waals surface area contributed by atoms with Crippen molar-refractivity contribution >= 4 is 5.97 Å². The maximum atomic E-state index is 11.3. The molecule has 1 atom stereocenters. The molecule has 0 radical (unpaired) electrons. The highest BCUT2D eigenvalue weighted by molar-refractivity contribution is 5.73. The van der Waals surface area contributed by atoms with Gasteiger partial charge in [-0.2, -0.15) is 0 Å². The lowest BCUT2D eigenvalue weighted by molar-refractivity contribution is -0.143. The van der Waals surface area contributed by atoms with Gasteiger partial charge in [-0.25, -0.2) is 0 Å². The zero-order chi connectivity index (χ0) is 14.4. The van der Waals surface area contributed by atoms with Crippen molar-refractivity contribution in [2.75, 3.05) is 39.4 Å². The van der Waals surface area contributed by atoms with E-state index >= 15 is 0 Å². The summed E-state index contributed by atoms with van der Waals surface area (Å²) in [7, 11) is 0. The molecule has 2 saturated heterocycles. The first-order chi connectivity index (χ1) is 9.72. The van der Waals surface area contributed by atoms with E-state index in [1.165, 1.54) is 0 Å². The number of nitrogens with zero attached hydrogens (tertiary/aromatic N) is 2. The molecule has 1 N–H and O–H groups in total. The molecular formula is C15H28N2O3. The van der Waals surface area contributed by atoms with Gasteiger partial charge in [-0.05, 0) is 58.7 Å². The summed E-state index contributed by atoms with van der Waals surface area (Å²) in [5, 5.41) is 9.27. The van der Waals surface area contributed by atoms with Crippen LogP contribution in [0.3, 0.4) is 0 Å². The number of carboxylic acids is 1. The van der Waals surface area contributed by atoms with E-state index in [0.29, 0.717) is 6.04 Å². The number of carbonyl (C=O) groups is 1. The number of piperidine rings is 1. The normalized spacial score (nSPS) is 26.1. The number of hydrogen-bond acceptors (Lipinski definition) is 4. The zero-order valence-corrected chi connectivity index (χ0v) is 12.6. The van der Waals surface area contributed by atoms with Gasteiger partial charge in [-0.15, -0.1) is 0 Å². The lowest BCUT2D eigenvalue weighted by Gasteiger charge is -2.38. The van der Waals surface area contributed by atoms with E-state index in [1.54, 1.807) is 0 Å². The minimum atomic E-state index is -0.637.